The molecule has 2 aromatic heterocycles. The number of amides is 1. The van der Waals surface area contributed by atoms with Crippen LogP contribution in [0.1, 0.15) is 78.3 Å². The van der Waals surface area contributed by atoms with Gasteiger partial charge in [0.25, 0.3) is 5.91 Å². The third-order valence-electron chi connectivity index (χ3n) is 5.01. The number of carbonyl (C=O) groups excluding carboxylic acids is 2. The lowest BCUT2D eigenvalue weighted by molar-refractivity contribution is 0.0528. The monoisotopic (exact) mass is 454 g/mol. The van der Waals surface area contributed by atoms with Crippen LogP contribution in [0, 0.1) is 12.3 Å². The van der Waals surface area contributed by atoms with E-state index in [0.717, 1.165) is 16.9 Å². The molecule has 0 aliphatic heterocycles. The highest BCUT2D eigenvalue weighted by molar-refractivity contribution is 7.16. The fraction of sp³-hybridized carbons (Fsp3) is 0.400. The van der Waals surface area contributed by atoms with Crippen LogP contribution in [-0.2, 0) is 4.74 Å². The van der Waals surface area contributed by atoms with Gasteiger partial charge in [-0.25, -0.2) is 4.79 Å². The second-order valence-corrected chi connectivity index (χ2v) is 10.1. The minimum atomic E-state index is -0.446. The Balaban J connectivity index is 1.95. The van der Waals surface area contributed by atoms with Crippen LogP contribution >= 0.6 is 11.3 Å². The van der Waals surface area contributed by atoms with Gasteiger partial charge >= 0.3 is 5.97 Å². The molecule has 7 heteroatoms. The molecule has 1 amide bonds. The molecule has 2 heterocycles. The summed E-state index contributed by atoms with van der Waals surface area (Å²) in [5.41, 5.74) is 2.11. The number of aryl methyl sites for hydroxylation is 1. The molecule has 0 aliphatic rings. The fourth-order valence-corrected chi connectivity index (χ4v) is 4.82. The molecule has 0 unspecified atom stereocenters. The Morgan fingerprint density at radius 1 is 1.22 bits per heavy atom. The fourth-order valence-electron chi connectivity index (χ4n) is 3.72. The molecule has 0 aliphatic carbocycles. The Morgan fingerprint density at radius 2 is 1.91 bits per heavy atom. The molecule has 1 N–H and O–H groups in total. The molecule has 3 aromatic rings. The van der Waals surface area contributed by atoms with E-state index in [2.05, 4.69) is 38.2 Å². The van der Waals surface area contributed by atoms with Crippen molar-refractivity contribution < 1.29 is 18.8 Å². The van der Waals surface area contributed by atoms with Crippen molar-refractivity contribution in [2.24, 2.45) is 5.41 Å². The Bertz CT molecular complexity index is 1090. The Hall–Kier alpha value is -2.93. The summed E-state index contributed by atoms with van der Waals surface area (Å²) in [4.78, 5) is 26.9. The second kappa shape index (κ2) is 9.69. The van der Waals surface area contributed by atoms with Gasteiger partial charge in [0, 0.05) is 10.4 Å². The molecule has 6 nitrogen and oxygen atoms in total. The highest BCUT2D eigenvalue weighted by Gasteiger charge is 2.27. The number of esters is 1. The first kappa shape index (κ1) is 23.7. The Morgan fingerprint density at radius 3 is 2.53 bits per heavy atom. The maximum atomic E-state index is 13.3. The van der Waals surface area contributed by atoms with Gasteiger partial charge in [0.05, 0.1) is 12.2 Å². The third-order valence-corrected chi connectivity index (χ3v) is 6.30. The van der Waals surface area contributed by atoms with Gasteiger partial charge in [0.1, 0.15) is 22.0 Å². The number of rotatable bonds is 7. The van der Waals surface area contributed by atoms with E-state index in [0.29, 0.717) is 27.6 Å². The van der Waals surface area contributed by atoms with Crippen molar-refractivity contribution in [2.75, 3.05) is 11.9 Å². The molecule has 1 atom stereocenters. The summed E-state index contributed by atoms with van der Waals surface area (Å²) in [5.74, 6) is -0.170. The number of anilines is 1. The predicted octanol–water partition coefficient (Wildman–Crippen LogP) is 6.68. The minimum Gasteiger partial charge on any atom is -0.462 e. The lowest BCUT2D eigenvalue weighted by atomic mass is 9.85. The lowest BCUT2D eigenvalue weighted by Gasteiger charge is -2.22. The number of nitrogens with zero attached hydrogens (tertiary/aromatic N) is 1. The van der Waals surface area contributed by atoms with Crippen molar-refractivity contribution in [3.05, 3.63) is 58.2 Å². The number of aromatic nitrogens is 1. The standard InChI is InChI=1S/C25H30N2O4S/c1-7-30-24(29)18-13-19(15(2)14-25(4,5)6)32-23(18)26-22(28)20-16(3)31-27-21(20)17-11-9-8-10-12-17/h8-13,15H,7,14H2,1-6H3,(H,26,28)/t15-/m1/s1. The van der Waals surface area contributed by atoms with E-state index in [1.165, 1.54) is 11.3 Å². The average Bonchev–Trinajstić information content (AvgIpc) is 3.31. The number of carbonyl (C=O) groups is 2. The van der Waals surface area contributed by atoms with Gasteiger partial charge in [0.2, 0.25) is 0 Å². The maximum Gasteiger partial charge on any atom is 0.341 e. The lowest BCUT2D eigenvalue weighted by Crippen LogP contribution is -2.15. The van der Waals surface area contributed by atoms with Crippen LogP contribution in [0.2, 0.25) is 0 Å². The molecule has 0 spiro atoms. The van der Waals surface area contributed by atoms with Gasteiger partial charge in [-0.2, -0.15) is 0 Å². The van der Waals surface area contributed by atoms with E-state index >= 15 is 0 Å². The average molecular weight is 455 g/mol. The van der Waals surface area contributed by atoms with Gasteiger partial charge in [-0.15, -0.1) is 11.3 Å². The molecule has 0 fully saturated rings. The zero-order valence-corrected chi connectivity index (χ0v) is 20.3. The first-order valence-electron chi connectivity index (χ1n) is 10.7. The zero-order chi connectivity index (χ0) is 23.5. The largest absolute Gasteiger partial charge is 0.462 e. The minimum absolute atomic E-state index is 0.140. The summed E-state index contributed by atoms with van der Waals surface area (Å²) in [5, 5.41) is 7.48. The van der Waals surface area contributed by atoms with Crippen LogP contribution in [0.4, 0.5) is 5.00 Å². The number of hydrogen-bond acceptors (Lipinski definition) is 6. The smallest absolute Gasteiger partial charge is 0.341 e. The zero-order valence-electron chi connectivity index (χ0n) is 19.4. The molecular weight excluding hydrogens is 424 g/mol. The highest BCUT2D eigenvalue weighted by Crippen LogP contribution is 2.39. The summed E-state index contributed by atoms with van der Waals surface area (Å²) in [6.07, 6.45) is 0.950. The number of hydrogen-bond donors (Lipinski definition) is 1. The SMILES string of the molecule is CCOC(=O)c1cc([C@H](C)CC(C)(C)C)sc1NC(=O)c1c(-c2ccccc2)noc1C. The number of thiophene rings is 1. The van der Waals surface area contributed by atoms with Crippen molar-refractivity contribution in [1.82, 2.24) is 5.16 Å². The van der Waals surface area contributed by atoms with Gasteiger partial charge < -0.3 is 14.6 Å². The molecule has 0 saturated carbocycles. The quantitative estimate of drug-likeness (QED) is 0.403. The summed E-state index contributed by atoms with van der Waals surface area (Å²) >= 11 is 1.41. The normalized spacial score (nSPS) is 12.4. The Kier molecular flexibility index (Phi) is 7.19. The van der Waals surface area contributed by atoms with E-state index in [4.69, 9.17) is 9.26 Å². The molecule has 0 bridgehead atoms. The second-order valence-electron chi connectivity index (χ2n) is 9.06. The number of benzene rings is 1. The predicted molar refractivity (Wildman–Crippen MR) is 127 cm³/mol. The van der Waals surface area contributed by atoms with Crippen LogP contribution in [-0.4, -0.2) is 23.6 Å². The van der Waals surface area contributed by atoms with Gasteiger partial charge in [-0.3, -0.25) is 4.79 Å². The molecule has 0 radical (unpaired) electrons. The third kappa shape index (κ3) is 5.46. The van der Waals surface area contributed by atoms with E-state index in [1.54, 1.807) is 13.8 Å². The Labute approximate surface area is 193 Å². The topological polar surface area (TPSA) is 81.4 Å². The van der Waals surface area contributed by atoms with Gasteiger partial charge in [-0.1, -0.05) is 63.2 Å². The van der Waals surface area contributed by atoms with E-state index in [9.17, 15) is 9.59 Å². The van der Waals surface area contributed by atoms with Crippen LogP contribution in [0.5, 0.6) is 0 Å². The summed E-state index contributed by atoms with van der Waals surface area (Å²) in [6, 6.07) is 11.2. The molecule has 3 rings (SSSR count). The van der Waals surface area contributed by atoms with Crippen molar-refractivity contribution in [2.45, 2.75) is 53.9 Å². The summed E-state index contributed by atoms with van der Waals surface area (Å²) in [7, 11) is 0. The van der Waals surface area contributed by atoms with Gasteiger partial charge in [-0.05, 0) is 37.7 Å². The molecular formula is C25H30N2O4S. The summed E-state index contributed by atoms with van der Waals surface area (Å²) < 4.78 is 10.6. The molecule has 32 heavy (non-hydrogen) atoms. The van der Waals surface area contributed by atoms with Crippen molar-refractivity contribution >= 4 is 28.2 Å². The first-order chi connectivity index (χ1) is 15.1. The molecule has 1 aromatic carbocycles. The van der Waals surface area contributed by atoms with E-state index in [-0.39, 0.29) is 23.8 Å². The molecule has 0 saturated heterocycles. The van der Waals surface area contributed by atoms with Crippen LogP contribution in [0.3, 0.4) is 0 Å². The highest BCUT2D eigenvalue weighted by atomic mass is 32.1. The molecule has 170 valence electrons. The van der Waals surface area contributed by atoms with Gasteiger partial charge in [0.15, 0.2) is 0 Å². The number of ether oxygens (including phenoxy) is 1. The summed E-state index contributed by atoms with van der Waals surface area (Å²) in [6.45, 7) is 12.4. The maximum absolute atomic E-state index is 13.3. The van der Waals surface area contributed by atoms with Crippen LogP contribution < -0.4 is 5.32 Å². The van der Waals surface area contributed by atoms with E-state index < -0.39 is 5.97 Å². The van der Waals surface area contributed by atoms with Crippen molar-refractivity contribution in [1.29, 1.82) is 0 Å². The van der Waals surface area contributed by atoms with Crippen LogP contribution in [0.25, 0.3) is 11.3 Å². The van der Waals surface area contributed by atoms with Crippen molar-refractivity contribution in [3.63, 3.8) is 0 Å². The first-order valence-corrected chi connectivity index (χ1v) is 11.6. The van der Waals surface area contributed by atoms with E-state index in [1.807, 2.05) is 36.4 Å². The number of nitrogens with one attached hydrogen (secondary N) is 1. The van der Waals surface area contributed by atoms with Crippen LogP contribution in [0.15, 0.2) is 40.9 Å². The van der Waals surface area contributed by atoms with Crippen molar-refractivity contribution in [3.8, 4) is 11.3 Å².